The van der Waals surface area contributed by atoms with Crippen molar-refractivity contribution in [1.29, 1.82) is 5.26 Å². The van der Waals surface area contributed by atoms with E-state index in [4.69, 9.17) is 14.8 Å². The van der Waals surface area contributed by atoms with Gasteiger partial charge in [0, 0.05) is 6.07 Å². The topological polar surface area (TPSA) is 120 Å². The first kappa shape index (κ1) is 15.1. The quantitative estimate of drug-likeness (QED) is 0.852. The molecule has 0 fully saturated rings. The second-order valence-corrected chi connectivity index (χ2v) is 6.22. The summed E-state index contributed by atoms with van der Waals surface area (Å²) in [6.45, 7) is 0. The van der Waals surface area contributed by atoms with Crippen LogP contribution in [0.15, 0.2) is 44.3 Å². The van der Waals surface area contributed by atoms with E-state index in [1.54, 1.807) is 0 Å². The van der Waals surface area contributed by atoms with Gasteiger partial charge in [-0.15, -0.1) is 0 Å². The van der Waals surface area contributed by atoms with Crippen LogP contribution in [0.5, 0.6) is 0 Å². The number of carbonyl (C=O) groups is 1. The summed E-state index contributed by atoms with van der Waals surface area (Å²) >= 11 is 2.86. The molecular weight excluding hydrogens is 364 g/mol. The van der Waals surface area contributed by atoms with Crippen LogP contribution in [0.3, 0.4) is 0 Å². The molecule has 9 heteroatoms. The van der Waals surface area contributed by atoms with Gasteiger partial charge in [-0.05, 0) is 34.1 Å². The number of hydrogen-bond acceptors (Lipinski definition) is 5. The van der Waals surface area contributed by atoms with Crippen LogP contribution in [-0.2, 0) is 10.0 Å². The van der Waals surface area contributed by atoms with Crippen molar-refractivity contribution >= 4 is 37.6 Å². The van der Waals surface area contributed by atoms with Gasteiger partial charge in [-0.2, -0.15) is 5.26 Å². The standard InChI is InChI=1S/C12H7BrN2O5S/c13-11-10(5-9(20-11)12(16)17)21(18,19)15-8-3-1-2-7(4-8)6-14/h1-5,15H,(H,16,17). The highest BCUT2D eigenvalue weighted by Gasteiger charge is 2.25. The summed E-state index contributed by atoms with van der Waals surface area (Å²) in [4.78, 5) is 10.4. The number of nitrogens with one attached hydrogen (secondary N) is 1. The van der Waals surface area contributed by atoms with E-state index in [0.717, 1.165) is 6.07 Å². The Morgan fingerprint density at radius 1 is 1.38 bits per heavy atom. The van der Waals surface area contributed by atoms with Gasteiger partial charge >= 0.3 is 5.97 Å². The predicted molar refractivity (Wildman–Crippen MR) is 75.3 cm³/mol. The summed E-state index contributed by atoms with van der Waals surface area (Å²) in [5.74, 6) is -1.89. The Kier molecular flexibility index (Phi) is 4.02. The molecule has 0 aliphatic heterocycles. The lowest BCUT2D eigenvalue weighted by atomic mass is 10.2. The Hall–Kier alpha value is -2.31. The number of furan rings is 1. The Morgan fingerprint density at radius 3 is 2.67 bits per heavy atom. The van der Waals surface area contributed by atoms with Crippen molar-refractivity contribution < 1.29 is 22.7 Å². The SMILES string of the molecule is N#Cc1cccc(NS(=O)(=O)c2cc(C(=O)O)oc2Br)c1. The van der Waals surface area contributed by atoms with Gasteiger partial charge in [0.05, 0.1) is 17.3 Å². The smallest absolute Gasteiger partial charge is 0.371 e. The molecule has 0 amide bonds. The van der Waals surface area contributed by atoms with Crippen LogP contribution >= 0.6 is 15.9 Å². The van der Waals surface area contributed by atoms with Crippen LogP contribution < -0.4 is 4.72 Å². The molecule has 0 radical (unpaired) electrons. The van der Waals surface area contributed by atoms with E-state index < -0.39 is 21.8 Å². The maximum Gasteiger partial charge on any atom is 0.371 e. The molecule has 1 aromatic carbocycles. The highest BCUT2D eigenvalue weighted by molar-refractivity contribution is 9.10. The molecule has 0 spiro atoms. The van der Waals surface area contributed by atoms with E-state index in [1.165, 1.54) is 24.3 Å². The number of nitriles is 1. The molecule has 21 heavy (non-hydrogen) atoms. The highest BCUT2D eigenvalue weighted by atomic mass is 79.9. The van der Waals surface area contributed by atoms with E-state index in [9.17, 15) is 13.2 Å². The van der Waals surface area contributed by atoms with Gasteiger partial charge in [-0.3, -0.25) is 4.72 Å². The summed E-state index contributed by atoms with van der Waals surface area (Å²) in [6.07, 6.45) is 0. The van der Waals surface area contributed by atoms with Gasteiger partial charge < -0.3 is 9.52 Å². The van der Waals surface area contributed by atoms with Crippen LogP contribution in [0.2, 0.25) is 0 Å². The predicted octanol–water partition coefficient (Wildman–Crippen LogP) is 2.41. The molecule has 0 bridgehead atoms. The molecule has 0 unspecified atom stereocenters. The molecule has 0 saturated heterocycles. The molecule has 0 atom stereocenters. The van der Waals surface area contributed by atoms with Gasteiger partial charge in [-0.25, -0.2) is 13.2 Å². The van der Waals surface area contributed by atoms with Crippen LogP contribution in [0, 0.1) is 11.3 Å². The zero-order valence-electron chi connectivity index (χ0n) is 10.2. The van der Waals surface area contributed by atoms with Gasteiger partial charge in [0.1, 0.15) is 4.90 Å². The zero-order valence-corrected chi connectivity index (χ0v) is 12.6. The summed E-state index contributed by atoms with van der Waals surface area (Å²) in [6, 6.07) is 8.63. The van der Waals surface area contributed by atoms with Gasteiger partial charge in [-0.1, -0.05) is 6.07 Å². The third-order valence-corrected chi connectivity index (χ3v) is 4.64. The maximum absolute atomic E-state index is 12.2. The monoisotopic (exact) mass is 370 g/mol. The van der Waals surface area contributed by atoms with Crippen molar-refractivity contribution in [3.63, 3.8) is 0 Å². The maximum atomic E-state index is 12.2. The van der Waals surface area contributed by atoms with E-state index in [2.05, 4.69) is 20.7 Å². The van der Waals surface area contributed by atoms with E-state index >= 15 is 0 Å². The van der Waals surface area contributed by atoms with Crippen LogP contribution in [0.1, 0.15) is 16.1 Å². The van der Waals surface area contributed by atoms with Crippen molar-refractivity contribution in [3.05, 3.63) is 46.3 Å². The first-order valence-electron chi connectivity index (χ1n) is 5.39. The Morgan fingerprint density at radius 2 is 2.10 bits per heavy atom. The Bertz CT molecular complexity index is 851. The fourth-order valence-corrected chi connectivity index (χ4v) is 3.49. The highest BCUT2D eigenvalue weighted by Crippen LogP contribution is 2.28. The number of rotatable bonds is 4. The van der Waals surface area contributed by atoms with Crippen LogP contribution in [0.25, 0.3) is 0 Å². The average molecular weight is 371 g/mol. The molecule has 7 nitrogen and oxygen atoms in total. The zero-order chi connectivity index (χ0) is 15.6. The normalized spacial score (nSPS) is 10.9. The lowest BCUT2D eigenvalue weighted by Gasteiger charge is -2.06. The molecule has 1 heterocycles. The summed E-state index contributed by atoms with van der Waals surface area (Å²) in [5.41, 5.74) is 0.465. The van der Waals surface area contributed by atoms with E-state index in [-0.39, 0.29) is 20.8 Å². The molecule has 0 aliphatic carbocycles. The Labute approximate surface area is 128 Å². The molecule has 2 rings (SSSR count). The molecule has 0 saturated carbocycles. The number of carboxylic acids is 1. The minimum absolute atomic E-state index is 0.180. The number of anilines is 1. The fourth-order valence-electron chi connectivity index (χ4n) is 1.50. The second kappa shape index (κ2) is 5.59. The minimum Gasteiger partial charge on any atom is -0.475 e. The number of halogens is 1. The average Bonchev–Trinajstić information content (AvgIpc) is 2.81. The third kappa shape index (κ3) is 3.24. The number of aromatic carboxylic acids is 1. The van der Waals surface area contributed by atoms with Gasteiger partial charge in [0.15, 0.2) is 4.67 Å². The molecule has 0 aliphatic rings. The molecule has 108 valence electrons. The minimum atomic E-state index is -4.05. The summed E-state index contributed by atoms with van der Waals surface area (Å²) in [5, 5.41) is 17.6. The van der Waals surface area contributed by atoms with Crippen molar-refractivity contribution in [2.75, 3.05) is 4.72 Å². The summed E-state index contributed by atoms with van der Waals surface area (Å²) in [7, 11) is -4.05. The largest absolute Gasteiger partial charge is 0.475 e. The van der Waals surface area contributed by atoms with E-state index in [1.807, 2.05) is 6.07 Å². The number of carboxylic acid groups (broad SMARTS) is 1. The lowest BCUT2D eigenvalue weighted by molar-refractivity contribution is 0.0661. The number of sulfonamides is 1. The first-order valence-corrected chi connectivity index (χ1v) is 7.67. The van der Waals surface area contributed by atoms with Gasteiger partial charge in [0.2, 0.25) is 5.76 Å². The van der Waals surface area contributed by atoms with Crippen LogP contribution in [-0.4, -0.2) is 19.5 Å². The van der Waals surface area contributed by atoms with Crippen molar-refractivity contribution in [3.8, 4) is 6.07 Å². The second-order valence-electron chi connectivity index (χ2n) is 3.85. The van der Waals surface area contributed by atoms with Crippen LogP contribution in [0.4, 0.5) is 5.69 Å². The summed E-state index contributed by atoms with van der Waals surface area (Å²) < 4.78 is 31.2. The Balaban J connectivity index is 2.38. The van der Waals surface area contributed by atoms with E-state index in [0.29, 0.717) is 0 Å². The van der Waals surface area contributed by atoms with Crippen molar-refractivity contribution in [2.24, 2.45) is 0 Å². The lowest BCUT2D eigenvalue weighted by Crippen LogP contribution is -2.12. The number of nitrogens with zero attached hydrogens (tertiary/aromatic N) is 1. The number of hydrogen-bond donors (Lipinski definition) is 2. The number of benzene rings is 1. The fraction of sp³-hybridized carbons (Fsp3) is 0. The molecule has 2 aromatic rings. The van der Waals surface area contributed by atoms with Gasteiger partial charge in [0.25, 0.3) is 10.0 Å². The molecular formula is C12H7BrN2O5S. The van der Waals surface area contributed by atoms with Crippen molar-refractivity contribution in [1.82, 2.24) is 0 Å². The first-order chi connectivity index (χ1) is 9.83. The van der Waals surface area contributed by atoms with Crippen molar-refractivity contribution in [2.45, 2.75) is 4.90 Å². The molecule has 1 aromatic heterocycles. The third-order valence-electron chi connectivity index (χ3n) is 2.40. The molecule has 2 N–H and O–H groups in total.